The first-order chi connectivity index (χ1) is 32.3. The standard InChI is InChI=1S/C51H68N8O9/c1-8-30(5)44(41(61)28-54-50(67)45(31(6)9-2)59-47(64)37(52)25-35-27-53-38-23-17-16-22-36(35)38)58-49(66)40(26-42(62)63)56-48(65)39(24-29(3)4)57-51(68)46(55-32(7)60)43(33-18-12-10-13-19-33)34-20-14-11-15-21-34/h10-23,27,29-31,37,39-40,43-46,53H,8-9,24-26,28,52H2,1-7H3,(H,54,67)(H,55,60)(H,56,65)(H,57,68)(H,58,66)(H,59,64)(H,62,63)/t30-,31-,37-,39+,40+,44-,45-,46+/m1/s1. The summed E-state index contributed by atoms with van der Waals surface area (Å²) in [6.07, 6.45) is 2.11. The number of H-pyrrole nitrogens is 1. The van der Waals surface area contributed by atoms with Crippen molar-refractivity contribution in [3.63, 3.8) is 0 Å². The number of carbonyl (C=O) groups excluding carboxylic acids is 7. The van der Waals surface area contributed by atoms with Crippen LogP contribution < -0.4 is 37.6 Å². The smallest absolute Gasteiger partial charge is 0.305 e. The van der Waals surface area contributed by atoms with E-state index in [1.165, 1.54) is 6.92 Å². The SMILES string of the molecule is CC[C@@H](C)[C@@H](NC(=O)[C@H](CC(=O)O)NC(=O)[C@H](CC(C)C)NC(=O)[C@@H](NC(C)=O)C(c1ccccc1)c1ccccc1)C(=O)CNC(=O)[C@H](NC(=O)[C@H](N)Cc1c[nH]c2ccccc12)[C@H](C)CC. The summed E-state index contributed by atoms with van der Waals surface area (Å²) in [5, 5.41) is 26.8. The van der Waals surface area contributed by atoms with Gasteiger partial charge in [-0.15, -0.1) is 0 Å². The lowest BCUT2D eigenvalue weighted by Gasteiger charge is -2.31. The number of carboxylic acid groups (broad SMARTS) is 1. The van der Waals surface area contributed by atoms with Crippen LogP contribution >= 0.6 is 0 Å². The molecule has 68 heavy (non-hydrogen) atoms. The number of aromatic amines is 1. The molecule has 1 aromatic heterocycles. The van der Waals surface area contributed by atoms with E-state index in [0.29, 0.717) is 12.8 Å². The Bertz CT molecular complexity index is 2320. The molecule has 0 aliphatic heterocycles. The molecular formula is C51H68N8O9. The lowest BCUT2D eigenvalue weighted by atomic mass is 9.84. The average molecular weight is 937 g/mol. The highest BCUT2D eigenvalue weighted by molar-refractivity contribution is 5.99. The fraction of sp³-hybridized carbons (Fsp3) is 0.451. The molecule has 3 aromatic carbocycles. The first-order valence-electron chi connectivity index (χ1n) is 23.3. The summed E-state index contributed by atoms with van der Waals surface area (Å²) in [6.45, 7) is 11.5. The van der Waals surface area contributed by atoms with E-state index in [9.17, 15) is 43.5 Å². The van der Waals surface area contributed by atoms with Gasteiger partial charge in [0.15, 0.2) is 5.78 Å². The first kappa shape index (κ1) is 53.7. The van der Waals surface area contributed by atoms with Crippen LogP contribution in [0.4, 0.5) is 0 Å². The molecule has 8 atom stereocenters. The number of aromatic nitrogens is 1. The van der Waals surface area contributed by atoms with E-state index in [1.54, 1.807) is 27.0 Å². The van der Waals surface area contributed by atoms with Crippen LogP contribution in [0.5, 0.6) is 0 Å². The Morgan fingerprint density at radius 1 is 0.618 bits per heavy atom. The molecule has 4 rings (SSSR count). The Hall–Kier alpha value is -6.88. The van der Waals surface area contributed by atoms with Gasteiger partial charge in [-0.25, -0.2) is 0 Å². The lowest BCUT2D eigenvalue weighted by molar-refractivity contribution is -0.141. The van der Waals surface area contributed by atoms with Crippen molar-refractivity contribution in [2.75, 3.05) is 6.54 Å². The van der Waals surface area contributed by atoms with Gasteiger partial charge in [0.2, 0.25) is 35.4 Å². The number of amides is 6. The number of carbonyl (C=O) groups is 8. The number of nitrogens with one attached hydrogen (secondary N) is 7. The van der Waals surface area contributed by atoms with Crippen molar-refractivity contribution in [1.29, 1.82) is 0 Å². The number of aliphatic carboxylic acids is 1. The number of carboxylic acids is 1. The van der Waals surface area contributed by atoms with Crippen molar-refractivity contribution >= 4 is 58.1 Å². The summed E-state index contributed by atoms with van der Waals surface area (Å²) < 4.78 is 0. The van der Waals surface area contributed by atoms with E-state index >= 15 is 0 Å². The van der Waals surface area contributed by atoms with Crippen molar-refractivity contribution in [2.45, 2.75) is 123 Å². The Balaban J connectivity index is 1.48. The van der Waals surface area contributed by atoms with Crippen LogP contribution in [0.15, 0.2) is 91.1 Å². The molecular weight excluding hydrogens is 869 g/mol. The number of ketones is 1. The molecule has 17 heteroatoms. The molecule has 0 fully saturated rings. The molecule has 0 saturated heterocycles. The van der Waals surface area contributed by atoms with Gasteiger partial charge >= 0.3 is 5.97 Å². The Morgan fingerprint density at radius 2 is 1.15 bits per heavy atom. The van der Waals surface area contributed by atoms with Crippen LogP contribution in [-0.4, -0.2) is 100 Å². The van der Waals surface area contributed by atoms with Gasteiger partial charge in [-0.2, -0.15) is 0 Å². The molecule has 366 valence electrons. The van der Waals surface area contributed by atoms with Crippen molar-refractivity contribution in [2.24, 2.45) is 23.5 Å². The average Bonchev–Trinajstić information content (AvgIpc) is 3.72. The van der Waals surface area contributed by atoms with Gasteiger partial charge < -0.3 is 47.7 Å². The van der Waals surface area contributed by atoms with E-state index in [-0.39, 0.29) is 24.7 Å². The first-order valence-corrected chi connectivity index (χ1v) is 23.3. The number of nitrogens with two attached hydrogens (primary N) is 1. The minimum Gasteiger partial charge on any atom is -0.481 e. The highest BCUT2D eigenvalue weighted by Gasteiger charge is 2.37. The van der Waals surface area contributed by atoms with Gasteiger partial charge in [0.1, 0.15) is 24.2 Å². The van der Waals surface area contributed by atoms with E-state index in [2.05, 4.69) is 36.9 Å². The minimum absolute atomic E-state index is 0.0783. The van der Waals surface area contributed by atoms with E-state index in [1.807, 2.05) is 106 Å². The van der Waals surface area contributed by atoms with Gasteiger partial charge in [0, 0.05) is 29.9 Å². The summed E-state index contributed by atoms with van der Waals surface area (Å²) >= 11 is 0. The maximum absolute atomic E-state index is 14.3. The van der Waals surface area contributed by atoms with Gasteiger partial charge in [-0.3, -0.25) is 38.4 Å². The third kappa shape index (κ3) is 15.3. The fourth-order valence-corrected chi connectivity index (χ4v) is 8.05. The molecule has 1 heterocycles. The van der Waals surface area contributed by atoms with E-state index in [4.69, 9.17) is 5.73 Å². The number of hydrogen-bond donors (Lipinski definition) is 9. The second-order valence-corrected chi connectivity index (χ2v) is 17.9. The number of hydrogen-bond acceptors (Lipinski definition) is 9. The van der Waals surface area contributed by atoms with Gasteiger partial charge in [-0.05, 0) is 53.4 Å². The predicted octanol–water partition coefficient (Wildman–Crippen LogP) is 3.61. The number of rotatable bonds is 26. The second-order valence-electron chi connectivity index (χ2n) is 17.9. The molecule has 0 saturated carbocycles. The Morgan fingerprint density at radius 3 is 1.71 bits per heavy atom. The Kier molecular flexibility index (Phi) is 20.4. The molecule has 4 aromatic rings. The maximum atomic E-state index is 14.3. The minimum atomic E-state index is -1.69. The molecule has 0 radical (unpaired) electrons. The number of benzene rings is 3. The maximum Gasteiger partial charge on any atom is 0.305 e. The molecule has 0 spiro atoms. The zero-order valence-electron chi connectivity index (χ0n) is 40.0. The quantitative estimate of drug-likeness (QED) is 0.0442. The van der Waals surface area contributed by atoms with Gasteiger partial charge in [-0.1, -0.05) is 133 Å². The summed E-state index contributed by atoms with van der Waals surface area (Å²) in [6, 6.07) is 18.4. The van der Waals surface area contributed by atoms with Crippen LogP contribution in [0.3, 0.4) is 0 Å². The number of Topliss-reactive ketones (excluding diaryl/α,β-unsaturated/α-hetero) is 1. The summed E-state index contributed by atoms with van der Waals surface area (Å²) in [4.78, 5) is 111. The van der Waals surface area contributed by atoms with Gasteiger partial charge in [0.25, 0.3) is 0 Å². The topological polar surface area (TPSA) is 271 Å². The summed E-state index contributed by atoms with van der Waals surface area (Å²) in [5.74, 6) is -7.92. The molecule has 0 aliphatic carbocycles. The highest BCUT2D eigenvalue weighted by atomic mass is 16.4. The molecule has 17 nitrogen and oxygen atoms in total. The van der Waals surface area contributed by atoms with Crippen LogP contribution in [0.1, 0.15) is 96.8 Å². The van der Waals surface area contributed by atoms with Crippen LogP contribution in [0, 0.1) is 17.8 Å². The largest absolute Gasteiger partial charge is 0.481 e. The zero-order chi connectivity index (χ0) is 50.1. The van der Waals surface area contributed by atoms with Crippen LogP contribution in [0.25, 0.3) is 10.9 Å². The monoisotopic (exact) mass is 937 g/mol. The Labute approximate surface area is 397 Å². The van der Waals surface area contributed by atoms with E-state index < -0.39 is 108 Å². The van der Waals surface area contributed by atoms with Crippen LogP contribution in [-0.2, 0) is 44.8 Å². The fourth-order valence-electron chi connectivity index (χ4n) is 8.05. The van der Waals surface area contributed by atoms with Crippen molar-refractivity contribution in [1.82, 2.24) is 36.9 Å². The van der Waals surface area contributed by atoms with Crippen LogP contribution in [0.2, 0.25) is 0 Å². The highest BCUT2D eigenvalue weighted by Crippen LogP contribution is 2.29. The zero-order valence-corrected chi connectivity index (χ0v) is 40.0. The molecule has 6 amide bonds. The van der Waals surface area contributed by atoms with Crippen molar-refractivity contribution < 1.29 is 43.5 Å². The van der Waals surface area contributed by atoms with Crippen molar-refractivity contribution in [3.8, 4) is 0 Å². The normalized spacial score (nSPS) is 14.9. The second kappa shape index (κ2) is 25.9. The summed E-state index contributed by atoms with van der Waals surface area (Å²) in [7, 11) is 0. The van der Waals surface area contributed by atoms with Crippen molar-refractivity contribution in [3.05, 3.63) is 108 Å². The van der Waals surface area contributed by atoms with Gasteiger partial charge in [0.05, 0.1) is 25.0 Å². The third-order valence-corrected chi connectivity index (χ3v) is 12.2. The number of para-hydroxylation sites is 1. The molecule has 0 aliphatic rings. The lowest BCUT2D eigenvalue weighted by Crippen LogP contribution is -2.60. The molecule has 0 bridgehead atoms. The molecule has 0 unspecified atom stereocenters. The number of fused-ring (bicyclic) bond motifs is 1. The summed E-state index contributed by atoms with van der Waals surface area (Å²) in [5.41, 5.74) is 9.50. The van der Waals surface area contributed by atoms with E-state index in [0.717, 1.165) is 27.6 Å². The third-order valence-electron chi connectivity index (χ3n) is 12.2. The predicted molar refractivity (Wildman–Crippen MR) is 259 cm³/mol. The molecule has 10 N–H and O–H groups in total.